The highest BCUT2D eigenvalue weighted by molar-refractivity contribution is 5.76. The van der Waals surface area contributed by atoms with Crippen LogP contribution in [0.5, 0.6) is 0 Å². The van der Waals surface area contributed by atoms with E-state index in [2.05, 4.69) is 49.6 Å². The normalized spacial score (nSPS) is 10.7. The number of amides is 1. The van der Waals surface area contributed by atoms with Crippen LogP contribution >= 0.6 is 0 Å². The van der Waals surface area contributed by atoms with Crippen molar-refractivity contribution in [3.05, 3.63) is 34.9 Å². The van der Waals surface area contributed by atoms with Crippen LogP contribution in [0.15, 0.2) is 18.2 Å². The van der Waals surface area contributed by atoms with Gasteiger partial charge in [0, 0.05) is 19.5 Å². The predicted molar refractivity (Wildman–Crippen MR) is 75.7 cm³/mol. The maximum absolute atomic E-state index is 11.6. The topological polar surface area (TPSA) is 41.1 Å². The SMILES string of the molecule is CNCCC(=O)NCc1cc(C(C)C)ccc1C. The molecule has 0 fully saturated rings. The van der Waals surface area contributed by atoms with E-state index in [9.17, 15) is 4.79 Å². The van der Waals surface area contributed by atoms with Gasteiger partial charge in [-0.1, -0.05) is 32.0 Å². The second kappa shape index (κ2) is 7.17. The smallest absolute Gasteiger partial charge is 0.221 e. The summed E-state index contributed by atoms with van der Waals surface area (Å²) in [5, 5.41) is 5.93. The number of carbonyl (C=O) groups excluding carboxylic acids is 1. The molecule has 0 atom stereocenters. The summed E-state index contributed by atoms with van der Waals surface area (Å²) in [6.45, 7) is 7.78. The van der Waals surface area contributed by atoms with Crippen LogP contribution in [0.2, 0.25) is 0 Å². The maximum Gasteiger partial charge on any atom is 0.221 e. The van der Waals surface area contributed by atoms with E-state index in [4.69, 9.17) is 0 Å². The van der Waals surface area contributed by atoms with E-state index < -0.39 is 0 Å². The zero-order valence-electron chi connectivity index (χ0n) is 11.8. The average Bonchev–Trinajstić information content (AvgIpc) is 2.35. The third-order valence-electron chi connectivity index (χ3n) is 3.12. The summed E-state index contributed by atoms with van der Waals surface area (Å²) >= 11 is 0. The molecule has 18 heavy (non-hydrogen) atoms. The Kier molecular flexibility index (Phi) is 5.86. The first-order valence-corrected chi connectivity index (χ1v) is 6.55. The van der Waals surface area contributed by atoms with Crippen molar-refractivity contribution in [2.24, 2.45) is 0 Å². The predicted octanol–water partition coefficient (Wildman–Crippen LogP) is 2.34. The van der Waals surface area contributed by atoms with Crippen LogP contribution in [0, 0.1) is 6.92 Å². The Balaban J connectivity index is 2.61. The Morgan fingerprint density at radius 1 is 1.33 bits per heavy atom. The summed E-state index contributed by atoms with van der Waals surface area (Å²) in [5.41, 5.74) is 3.76. The monoisotopic (exact) mass is 248 g/mol. The Morgan fingerprint density at radius 3 is 2.67 bits per heavy atom. The van der Waals surface area contributed by atoms with Crippen LogP contribution in [0.4, 0.5) is 0 Å². The van der Waals surface area contributed by atoms with E-state index >= 15 is 0 Å². The second-order valence-electron chi connectivity index (χ2n) is 4.97. The summed E-state index contributed by atoms with van der Waals surface area (Å²) in [6, 6.07) is 6.48. The summed E-state index contributed by atoms with van der Waals surface area (Å²) in [6.07, 6.45) is 0.527. The molecule has 1 rings (SSSR count). The molecule has 0 aliphatic carbocycles. The van der Waals surface area contributed by atoms with Crippen LogP contribution in [0.3, 0.4) is 0 Å². The molecule has 0 aliphatic rings. The summed E-state index contributed by atoms with van der Waals surface area (Å²) in [4.78, 5) is 11.6. The van der Waals surface area contributed by atoms with Crippen molar-refractivity contribution in [3.63, 3.8) is 0 Å². The van der Waals surface area contributed by atoms with Gasteiger partial charge in [0.25, 0.3) is 0 Å². The van der Waals surface area contributed by atoms with Crippen molar-refractivity contribution >= 4 is 5.91 Å². The van der Waals surface area contributed by atoms with Crippen LogP contribution in [0.25, 0.3) is 0 Å². The summed E-state index contributed by atoms with van der Waals surface area (Å²) in [7, 11) is 1.85. The molecule has 0 saturated heterocycles. The Bertz CT molecular complexity index is 399. The molecule has 1 aromatic rings. The van der Waals surface area contributed by atoms with Gasteiger partial charge in [-0.3, -0.25) is 4.79 Å². The minimum absolute atomic E-state index is 0.0960. The Labute approximate surface area is 110 Å². The molecule has 0 bridgehead atoms. The van der Waals surface area contributed by atoms with Gasteiger partial charge in [-0.15, -0.1) is 0 Å². The molecular weight excluding hydrogens is 224 g/mol. The minimum Gasteiger partial charge on any atom is -0.352 e. The molecule has 1 amide bonds. The number of hydrogen-bond donors (Lipinski definition) is 2. The van der Waals surface area contributed by atoms with Gasteiger partial charge in [0.05, 0.1) is 0 Å². The Morgan fingerprint density at radius 2 is 2.06 bits per heavy atom. The highest BCUT2D eigenvalue weighted by Gasteiger charge is 2.05. The van der Waals surface area contributed by atoms with Gasteiger partial charge in [0.1, 0.15) is 0 Å². The van der Waals surface area contributed by atoms with E-state index in [1.54, 1.807) is 0 Å². The molecule has 0 spiro atoms. The first-order valence-electron chi connectivity index (χ1n) is 6.55. The van der Waals surface area contributed by atoms with Gasteiger partial charge >= 0.3 is 0 Å². The molecule has 3 heteroatoms. The summed E-state index contributed by atoms with van der Waals surface area (Å²) in [5.74, 6) is 0.614. The van der Waals surface area contributed by atoms with Gasteiger partial charge in [0.2, 0.25) is 5.91 Å². The molecule has 0 aliphatic heterocycles. The van der Waals surface area contributed by atoms with Gasteiger partial charge < -0.3 is 10.6 Å². The highest BCUT2D eigenvalue weighted by Crippen LogP contribution is 2.18. The van der Waals surface area contributed by atoms with E-state index in [1.165, 1.54) is 16.7 Å². The zero-order chi connectivity index (χ0) is 13.5. The van der Waals surface area contributed by atoms with Gasteiger partial charge in [-0.05, 0) is 36.6 Å². The number of hydrogen-bond acceptors (Lipinski definition) is 2. The van der Waals surface area contributed by atoms with Crippen molar-refractivity contribution in [1.29, 1.82) is 0 Å². The van der Waals surface area contributed by atoms with Crippen molar-refractivity contribution < 1.29 is 4.79 Å². The zero-order valence-corrected chi connectivity index (χ0v) is 11.8. The first-order chi connectivity index (χ1) is 8.54. The second-order valence-corrected chi connectivity index (χ2v) is 4.97. The van der Waals surface area contributed by atoms with Gasteiger partial charge in [0.15, 0.2) is 0 Å². The van der Waals surface area contributed by atoms with E-state index in [1.807, 2.05) is 7.05 Å². The highest BCUT2D eigenvalue weighted by atomic mass is 16.1. The number of carbonyl (C=O) groups is 1. The van der Waals surface area contributed by atoms with Crippen molar-refractivity contribution in [2.45, 2.75) is 39.7 Å². The molecule has 0 heterocycles. The van der Waals surface area contributed by atoms with Crippen molar-refractivity contribution in [2.75, 3.05) is 13.6 Å². The molecule has 100 valence electrons. The molecular formula is C15H24N2O. The molecule has 1 aromatic carbocycles. The maximum atomic E-state index is 11.6. The van der Waals surface area contributed by atoms with Crippen LogP contribution < -0.4 is 10.6 Å². The summed E-state index contributed by atoms with van der Waals surface area (Å²) < 4.78 is 0. The van der Waals surface area contributed by atoms with Gasteiger partial charge in [-0.2, -0.15) is 0 Å². The fourth-order valence-corrected chi connectivity index (χ4v) is 1.76. The van der Waals surface area contributed by atoms with E-state index in [-0.39, 0.29) is 5.91 Å². The molecule has 0 radical (unpaired) electrons. The van der Waals surface area contributed by atoms with Crippen molar-refractivity contribution in [1.82, 2.24) is 10.6 Å². The average molecular weight is 248 g/mol. The molecule has 0 aromatic heterocycles. The Hall–Kier alpha value is -1.35. The van der Waals surface area contributed by atoms with Crippen molar-refractivity contribution in [3.8, 4) is 0 Å². The fraction of sp³-hybridized carbons (Fsp3) is 0.533. The van der Waals surface area contributed by atoms with Gasteiger partial charge in [-0.25, -0.2) is 0 Å². The molecule has 0 saturated carbocycles. The standard InChI is InChI=1S/C15H24N2O/c1-11(2)13-6-5-12(3)14(9-13)10-17-15(18)7-8-16-4/h5-6,9,11,16H,7-8,10H2,1-4H3,(H,17,18). The lowest BCUT2D eigenvalue weighted by Crippen LogP contribution is -2.26. The number of nitrogens with one attached hydrogen (secondary N) is 2. The van der Waals surface area contributed by atoms with E-state index in [0.717, 1.165) is 6.54 Å². The number of rotatable bonds is 6. The lowest BCUT2D eigenvalue weighted by atomic mass is 9.98. The third kappa shape index (κ3) is 4.49. The quantitative estimate of drug-likeness (QED) is 0.811. The van der Waals surface area contributed by atoms with Crippen LogP contribution in [-0.4, -0.2) is 19.5 Å². The largest absolute Gasteiger partial charge is 0.352 e. The lowest BCUT2D eigenvalue weighted by Gasteiger charge is -2.12. The number of aryl methyl sites for hydroxylation is 1. The number of benzene rings is 1. The first kappa shape index (κ1) is 14.7. The minimum atomic E-state index is 0.0960. The molecule has 2 N–H and O–H groups in total. The molecule has 0 unspecified atom stereocenters. The van der Waals surface area contributed by atoms with Crippen LogP contribution in [0.1, 0.15) is 42.9 Å². The van der Waals surface area contributed by atoms with Crippen LogP contribution in [-0.2, 0) is 11.3 Å². The fourth-order valence-electron chi connectivity index (χ4n) is 1.76. The lowest BCUT2D eigenvalue weighted by molar-refractivity contribution is -0.121. The molecule has 3 nitrogen and oxygen atoms in total. The third-order valence-corrected chi connectivity index (χ3v) is 3.12. The van der Waals surface area contributed by atoms with E-state index in [0.29, 0.717) is 18.9 Å².